The third-order valence-corrected chi connectivity index (χ3v) is 4.51. The molecule has 1 aromatic carbocycles. The van der Waals surface area contributed by atoms with Crippen LogP contribution in [0, 0.1) is 13.8 Å². The van der Waals surface area contributed by atoms with Gasteiger partial charge in [0.25, 0.3) is 0 Å². The number of anilines is 1. The van der Waals surface area contributed by atoms with Gasteiger partial charge in [-0.15, -0.1) is 0 Å². The Morgan fingerprint density at radius 1 is 1.27 bits per heavy atom. The van der Waals surface area contributed by atoms with E-state index in [9.17, 15) is 14.8 Å². The maximum Gasteiger partial charge on any atom is 0.489 e. The number of nitrogens with one attached hydrogen (secondary N) is 2. The Morgan fingerprint density at radius 2 is 1.88 bits per heavy atom. The quantitative estimate of drug-likeness (QED) is 0.590. The summed E-state index contributed by atoms with van der Waals surface area (Å²) in [5.74, 6) is 0. The number of carbonyl (C=O) groups is 1. The summed E-state index contributed by atoms with van der Waals surface area (Å²) in [6.45, 7) is 13.5. The fourth-order valence-corrected chi connectivity index (χ4v) is 3.20. The average Bonchev–Trinajstić information content (AvgIpc) is 2.51. The van der Waals surface area contributed by atoms with Crippen LogP contribution in [0.3, 0.4) is 0 Å². The molecule has 1 heterocycles. The molecule has 0 radical (unpaired) electrons. The molecule has 0 aliphatic carbocycles. The molecule has 1 saturated heterocycles. The van der Waals surface area contributed by atoms with Crippen molar-refractivity contribution >= 4 is 24.4 Å². The highest BCUT2D eigenvalue weighted by Gasteiger charge is 2.24. The van der Waals surface area contributed by atoms with Gasteiger partial charge >= 0.3 is 13.2 Å². The van der Waals surface area contributed by atoms with Gasteiger partial charge in [-0.2, -0.15) is 0 Å². The molecule has 26 heavy (non-hydrogen) atoms. The number of hydrogen-bond donors (Lipinski definition) is 4. The second kappa shape index (κ2) is 8.39. The minimum atomic E-state index is -1.60. The largest absolute Gasteiger partial charge is 0.489 e. The minimum absolute atomic E-state index is 0.434. The van der Waals surface area contributed by atoms with Gasteiger partial charge in [-0.05, 0) is 62.8 Å². The molecule has 0 aromatic heterocycles. The summed E-state index contributed by atoms with van der Waals surface area (Å²) in [5, 5.41) is 25.8. The number of amides is 1. The first-order valence-corrected chi connectivity index (χ1v) is 9.00. The van der Waals surface area contributed by atoms with E-state index in [1.54, 1.807) is 27.7 Å². The molecule has 0 saturated carbocycles. The first kappa shape index (κ1) is 20.7. The van der Waals surface area contributed by atoms with Gasteiger partial charge in [-0.1, -0.05) is 0 Å². The fourth-order valence-electron chi connectivity index (χ4n) is 3.20. The van der Waals surface area contributed by atoms with Crippen LogP contribution in [0.25, 0.3) is 0 Å². The molecule has 8 heteroatoms. The highest BCUT2D eigenvalue weighted by molar-refractivity contribution is 6.60. The van der Waals surface area contributed by atoms with Crippen molar-refractivity contribution < 1.29 is 19.6 Å². The van der Waals surface area contributed by atoms with E-state index in [-0.39, 0.29) is 0 Å². The molecule has 0 unspecified atom stereocenters. The standard InChI is InChI=1S/C18H30BN3O4/c1-12-14(11-22-8-6-20-7-9-22)10-15(13(2)16(12)19(24)25)21-17(23)26-18(3,4)5/h10,20,24-25H,6-9,11H2,1-5H3,(H,21,23). The molecule has 4 N–H and O–H groups in total. The van der Waals surface area contributed by atoms with Crippen LogP contribution < -0.4 is 16.1 Å². The summed E-state index contributed by atoms with van der Waals surface area (Å²) in [4.78, 5) is 14.5. The lowest BCUT2D eigenvalue weighted by Crippen LogP contribution is -2.43. The first-order valence-electron chi connectivity index (χ1n) is 9.00. The van der Waals surface area contributed by atoms with Gasteiger partial charge in [-0.3, -0.25) is 10.2 Å². The second-order valence-electron chi connectivity index (χ2n) is 7.77. The van der Waals surface area contributed by atoms with Crippen LogP contribution in [0.15, 0.2) is 6.07 Å². The topological polar surface area (TPSA) is 94.1 Å². The Balaban J connectivity index is 2.32. The number of nitrogens with zero attached hydrogens (tertiary/aromatic N) is 1. The smallest absolute Gasteiger partial charge is 0.444 e. The lowest BCUT2D eigenvalue weighted by molar-refractivity contribution is 0.0635. The maximum atomic E-state index is 12.2. The van der Waals surface area contributed by atoms with E-state index in [2.05, 4.69) is 15.5 Å². The van der Waals surface area contributed by atoms with Crippen molar-refractivity contribution in [2.75, 3.05) is 31.5 Å². The highest BCUT2D eigenvalue weighted by atomic mass is 16.6. The van der Waals surface area contributed by atoms with E-state index in [0.29, 0.717) is 23.3 Å². The lowest BCUT2D eigenvalue weighted by Gasteiger charge is -2.29. The van der Waals surface area contributed by atoms with Gasteiger partial charge in [0, 0.05) is 38.4 Å². The molecule has 2 rings (SSSR count). The van der Waals surface area contributed by atoms with E-state index in [4.69, 9.17) is 4.74 Å². The van der Waals surface area contributed by atoms with Crippen molar-refractivity contribution in [2.45, 2.75) is 46.8 Å². The molecule has 1 aromatic rings. The predicted molar refractivity (Wildman–Crippen MR) is 104 cm³/mol. The van der Waals surface area contributed by atoms with Gasteiger partial charge in [-0.25, -0.2) is 4.79 Å². The van der Waals surface area contributed by atoms with Gasteiger partial charge in [0.1, 0.15) is 5.60 Å². The molecule has 1 aliphatic heterocycles. The predicted octanol–water partition coefficient (Wildman–Crippen LogP) is 0.735. The second-order valence-corrected chi connectivity index (χ2v) is 7.77. The number of carbonyl (C=O) groups excluding carboxylic acids is 1. The summed E-state index contributed by atoms with van der Waals surface area (Å²) < 4.78 is 5.32. The van der Waals surface area contributed by atoms with E-state index in [0.717, 1.165) is 37.3 Å². The van der Waals surface area contributed by atoms with Crippen molar-refractivity contribution in [1.82, 2.24) is 10.2 Å². The zero-order chi connectivity index (χ0) is 19.5. The summed E-state index contributed by atoms with van der Waals surface area (Å²) >= 11 is 0. The van der Waals surface area contributed by atoms with Crippen molar-refractivity contribution in [3.63, 3.8) is 0 Å². The number of benzene rings is 1. The summed E-state index contributed by atoms with van der Waals surface area (Å²) in [5.41, 5.74) is 2.80. The van der Waals surface area contributed by atoms with Crippen LogP contribution in [0.2, 0.25) is 0 Å². The molecule has 0 spiro atoms. The van der Waals surface area contributed by atoms with E-state index >= 15 is 0 Å². The number of piperazine rings is 1. The average molecular weight is 363 g/mol. The maximum absolute atomic E-state index is 12.2. The molecule has 7 nitrogen and oxygen atoms in total. The Labute approximate surface area is 155 Å². The van der Waals surface area contributed by atoms with E-state index in [1.165, 1.54) is 0 Å². The lowest BCUT2D eigenvalue weighted by atomic mass is 9.72. The van der Waals surface area contributed by atoms with Gasteiger partial charge in [0.15, 0.2) is 0 Å². The number of ether oxygens (including phenoxy) is 1. The van der Waals surface area contributed by atoms with Crippen LogP contribution in [0.4, 0.5) is 10.5 Å². The normalized spacial score (nSPS) is 15.7. The number of rotatable bonds is 4. The molecule has 1 aliphatic rings. The Kier molecular flexibility index (Phi) is 6.68. The summed E-state index contributed by atoms with van der Waals surface area (Å²) in [7, 11) is -1.60. The Hall–Kier alpha value is -1.61. The highest BCUT2D eigenvalue weighted by Crippen LogP contribution is 2.22. The molecule has 0 bridgehead atoms. The van der Waals surface area contributed by atoms with Crippen LogP contribution in [0.5, 0.6) is 0 Å². The van der Waals surface area contributed by atoms with Gasteiger partial charge in [0.05, 0.1) is 0 Å². The van der Waals surface area contributed by atoms with Gasteiger partial charge in [0.2, 0.25) is 0 Å². The molecule has 0 atom stereocenters. The van der Waals surface area contributed by atoms with Gasteiger partial charge < -0.3 is 20.1 Å². The van der Waals surface area contributed by atoms with Crippen molar-refractivity contribution in [3.8, 4) is 0 Å². The molecular formula is C18H30BN3O4. The van der Waals surface area contributed by atoms with Crippen LogP contribution in [0.1, 0.15) is 37.5 Å². The molecule has 1 fully saturated rings. The SMILES string of the molecule is Cc1c(CN2CCNCC2)cc(NC(=O)OC(C)(C)C)c(C)c1B(O)O. The van der Waals surface area contributed by atoms with Crippen molar-refractivity contribution in [2.24, 2.45) is 0 Å². The van der Waals surface area contributed by atoms with Crippen molar-refractivity contribution in [1.29, 1.82) is 0 Å². The third-order valence-electron chi connectivity index (χ3n) is 4.51. The van der Waals surface area contributed by atoms with E-state index < -0.39 is 18.8 Å². The minimum Gasteiger partial charge on any atom is -0.444 e. The summed E-state index contributed by atoms with van der Waals surface area (Å²) in [6, 6.07) is 1.91. The first-order chi connectivity index (χ1) is 12.1. The molecular weight excluding hydrogens is 333 g/mol. The van der Waals surface area contributed by atoms with Crippen LogP contribution in [-0.4, -0.2) is 59.9 Å². The van der Waals surface area contributed by atoms with E-state index in [1.807, 2.05) is 13.0 Å². The van der Waals surface area contributed by atoms with Crippen LogP contribution in [-0.2, 0) is 11.3 Å². The zero-order valence-corrected chi connectivity index (χ0v) is 16.3. The van der Waals surface area contributed by atoms with Crippen LogP contribution >= 0.6 is 0 Å². The summed E-state index contributed by atoms with van der Waals surface area (Å²) in [6.07, 6.45) is -0.559. The monoisotopic (exact) mass is 363 g/mol. The fraction of sp³-hybridized carbons (Fsp3) is 0.611. The zero-order valence-electron chi connectivity index (χ0n) is 16.3. The van der Waals surface area contributed by atoms with Crippen molar-refractivity contribution in [3.05, 3.63) is 22.8 Å². The number of hydrogen-bond acceptors (Lipinski definition) is 6. The molecule has 1 amide bonds. The third kappa shape index (κ3) is 5.44. The molecule has 144 valence electrons. The Morgan fingerprint density at radius 3 is 2.42 bits per heavy atom. The Bertz CT molecular complexity index is 653.